The van der Waals surface area contributed by atoms with E-state index in [-0.39, 0.29) is 23.5 Å². The number of ketones is 2. The molecule has 0 aliphatic heterocycles. The van der Waals surface area contributed by atoms with E-state index in [1.54, 1.807) is 31.3 Å². The number of carbonyl (C=O) groups is 2. The van der Waals surface area contributed by atoms with Crippen LogP contribution in [-0.4, -0.2) is 26.1 Å². The normalized spacial score (nSPS) is 15.7. The fourth-order valence-electron chi connectivity index (χ4n) is 4.51. The van der Waals surface area contributed by atoms with Crippen molar-refractivity contribution < 1.29 is 9.59 Å². The van der Waals surface area contributed by atoms with E-state index in [1.807, 2.05) is 0 Å². The molecule has 1 fully saturated rings. The van der Waals surface area contributed by atoms with Crippen molar-refractivity contribution in [1.29, 1.82) is 0 Å². The minimum atomic E-state index is -0.595. The average molecular weight is 472 g/mol. The van der Waals surface area contributed by atoms with Gasteiger partial charge in [0.05, 0.1) is 35.9 Å². The molecule has 6 nitrogen and oxygen atoms in total. The third-order valence-corrected chi connectivity index (χ3v) is 7.38. The third-order valence-electron chi connectivity index (χ3n) is 6.27. The number of thiazole rings is 1. The number of hydrogen-bond donors (Lipinski definition) is 0. The minimum Gasteiger partial charge on any atom is -0.297 e. The molecule has 0 amide bonds. The van der Waals surface area contributed by atoms with Crippen LogP contribution in [0.25, 0.3) is 10.9 Å². The van der Waals surface area contributed by atoms with E-state index in [0.717, 1.165) is 25.7 Å². The van der Waals surface area contributed by atoms with Crippen LogP contribution < -0.4 is 5.56 Å². The van der Waals surface area contributed by atoms with Crippen LogP contribution in [0.15, 0.2) is 35.5 Å². The number of halogens is 1. The first-order chi connectivity index (χ1) is 15.5. The Morgan fingerprint density at radius 2 is 2.00 bits per heavy atom. The first-order valence-corrected chi connectivity index (χ1v) is 12.3. The average Bonchev–Trinajstić information content (AvgIpc) is 3.22. The molecule has 3 aromatic rings. The monoisotopic (exact) mass is 471 g/mol. The van der Waals surface area contributed by atoms with Gasteiger partial charge in [0.15, 0.2) is 11.6 Å². The van der Waals surface area contributed by atoms with Gasteiger partial charge in [-0.15, -0.1) is 11.3 Å². The Morgan fingerprint density at radius 1 is 1.22 bits per heavy atom. The van der Waals surface area contributed by atoms with Gasteiger partial charge >= 0.3 is 0 Å². The molecule has 168 valence electrons. The molecule has 1 unspecified atom stereocenters. The van der Waals surface area contributed by atoms with E-state index in [0.29, 0.717) is 44.6 Å². The summed E-state index contributed by atoms with van der Waals surface area (Å²) in [5.41, 5.74) is 0.762. The maximum atomic E-state index is 13.4. The van der Waals surface area contributed by atoms with Crippen LogP contribution in [0.1, 0.15) is 73.3 Å². The van der Waals surface area contributed by atoms with Crippen LogP contribution in [0.5, 0.6) is 0 Å². The molecule has 8 heteroatoms. The summed E-state index contributed by atoms with van der Waals surface area (Å²) >= 11 is 7.27. The van der Waals surface area contributed by atoms with Crippen molar-refractivity contribution in [3.8, 4) is 0 Å². The number of fused-ring (bicyclic) bond motifs is 1. The minimum absolute atomic E-state index is 0.00494. The van der Waals surface area contributed by atoms with Crippen LogP contribution in [0.4, 0.5) is 0 Å². The lowest BCUT2D eigenvalue weighted by Gasteiger charge is -2.27. The maximum Gasteiger partial charge on any atom is 0.261 e. The molecule has 1 saturated carbocycles. The molecule has 0 spiro atoms. The zero-order valence-corrected chi connectivity index (χ0v) is 19.6. The molecular weight excluding hydrogens is 446 g/mol. The van der Waals surface area contributed by atoms with Crippen LogP contribution in [-0.2, 0) is 11.2 Å². The Morgan fingerprint density at radius 3 is 2.69 bits per heavy atom. The Hall–Kier alpha value is -2.38. The van der Waals surface area contributed by atoms with Crippen LogP contribution >= 0.6 is 22.9 Å². The predicted octanol–water partition coefficient (Wildman–Crippen LogP) is 5.42. The standard InChI is InChI=1S/C24H26ClN3O3S/c1-2-20(29)16-8-9-17-18(11-16)27-14-28(24(17)31)19(10-15-6-4-3-5-7-15)21(30)12-23-26-13-22(25)32-23/h8-9,11,13-15,19H,2-7,10,12H2,1H3. The lowest BCUT2D eigenvalue weighted by atomic mass is 9.83. The van der Waals surface area contributed by atoms with Gasteiger partial charge in [0, 0.05) is 12.0 Å². The first kappa shape index (κ1) is 22.8. The van der Waals surface area contributed by atoms with Crippen molar-refractivity contribution in [2.24, 2.45) is 5.92 Å². The van der Waals surface area contributed by atoms with E-state index in [4.69, 9.17) is 11.6 Å². The topological polar surface area (TPSA) is 81.9 Å². The van der Waals surface area contributed by atoms with Gasteiger partial charge < -0.3 is 0 Å². The highest BCUT2D eigenvalue weighted by Gasteiger charge is 2.28. The smallest absolute Gasteiger partial charge is 0.261 e. The van der Waals surface area contributed by atoms with E-state index < -0.39 is 6.04 Å². The first-order valence-electron chi connectivity index (χ1n) is 11.1. The molecule has 1 aliphatic carbocycles. The summed E-state index contributed by atoms with van der Waals surface area (Å²) in [6, 6.07) is 4.37. The number of benzene rings is 1. The second-order valence-electron chi connectivity index (χ2n) is 8.42. The quantitative estimate of drug-likeness (QED) is 0.409. The fourth-order valence-corrected chi connectivity index (χ4v) is 5.48. The molecular formula is C24H26ClN3O3S. The van der Waals surface area contributed by atoms with Gasteiger partial charge in [-0.1, -0.05) is 56.7 Å². The van der Waals surface area contributed by atoms with Gasteiger partial charge in [-0.05, 0) is 24.5 Å². The number of Topliss-reactive ketones (excluding diaryl/α,β-unsaturated/α-hetero) is 2. The molecule has 0 radical (unpaired) electrons. The Kier molecular flexibility index (Phi) is 7.16. The summed E-state index contributed by atoms with van der Waals surface area (Å²) in [5, 5.41) is 1.07. The molecule has 32 heavy (non-hydrogen) atoms. The summed E-state index contributed by atoms with van der Waals surface area (Å²) in [5.74, 6) is 0.359. The number of hydrogen-bond acceptors (Lipinski definition) is 6. The Bertz CT molecular complexity index is 1200. The second kappa shape index (κ2) is 10.0. The zero-order valence-electron chi connectivity index (χ0n) is 18.1. The summed E-state index contributed by atoms with van der Waals surface area (Å²) in [4.78, 5) is 47.4. The van der Waals surface area contributed by atoms with Crippen molar-refractivity contribution in [3.63, 3.8) is 0 Å². The van der Waals surface area contributed by atoms with Crippen LogP contribution in [0, 0.1) is 5.92 Å². The van der Waals surface area contributed by atoms with Crippen LogP contribution in [0.3, 0.4) is 0 Å². The number of aromatic nitrogens is 3. The lowest BCUT2D eigenvalue weighted by molar-refractivity contribution is -0.122. The Balaban J connectivity index is 1.70. The Labute approximate surface area is 195 Å². The van der Waals surface area contributed by atoms with Gasteiger partial charge in [0.25, 0.3) is 5.56 Å². The molecule has 0 saturated heterocycles. The number of carbonyl (C=O) groups excluding carboxylic acids is 2. The molecule has 2 heterocycles. The van der Waals surface area contributed by atoms with Gasteiger partial charge in [-0.2, -0.15) is 0 Å². The molecule has 4 rings (SSSR count). The predicted molar refractivity (Wildman–Crippen MR) is 127 cm³/mol. The maximum absolute atomic E-state index is 13.4. The van der Waals surface area contributed by atoms with Crippen molar-refractivity contribution >= 4 is 45.4 Å². The zero-order chi connectivity index (χ0) is 22.7. The van der Waals surface area contributed by atoms with E-state index in [9.17, 15) is 14.4 Å². The van der Waals surface area contributed by atoms with Gasteiger partial charge in [-0.25, -0.2) is 9.97 Å². The molecule has 1 aromatic carbocycles. The molecule has 1 aliphatic rings. The van der Waals surface area contributed by atoms with Crippen molar-refractivity contribution in [2.45, 2.75) is 64.3 Å². The van der Waals surface area contributed by atoms with Crippen molar-refractivity contribution in [1.82, 2.24) is 14.5 Å². The fraction of sp³-hybridized carbons (Fsp3) is 0.458. The van der Waals surface area contributed by atoms with E-state index in [2.05, 4.69) is 9.97 Å². The van der Waals surface area contributed by atoms with Gasteiger partial charge in [0.1, 0.15) is 9.34 Å². The van der Waals surface area contributed by atoms with Gasteiger partial charge in [0.2, 0.25) is 0 Å². The van der Waals surface area contributed by atoms with E-state index in [1.165, 1.54) is 28.7 Å². The second-order valence-corrected chi connectivity index (χ2v) is 10.2. The van der Waals surface area contributed by atoms with Crippen molar-refractivity contribution in [3.05, 3.63) is 56.0 Å². The third kappa shape index (κ3) is 4.99. The highest BCUT2D eigenvalue weighted by molar-refractivity contribution is 7.15. The summed E-state index contributed by atoms with van der Waals surface area (Å²) in [6.45, 7) is 1.80. The lowest BCUT2D eigenvalue weighted by Crippen LogP contribution is -2.33. The highest BCUT2D eigenvalue weighted by Crippen LogP contribution is 2.32. The van der Waals surface area contributed by atoms with Crippen molar-refractivity contribution in [2.75, 3.05) is 0 Å². The van der Waals surface area contributed by atoms with Gasteiger partial charge in [-0.3, -0.25) is 19.0 Å². The summed E-state index contributed by atoms with van der Waals surface area (Å²) < 4.78 is 2.02. The number of nitrogens with zero attached hydrogens (tertiary/aromatic N) is 3. The molecule has 0 N–H and O–H groups in total. The summed E-state index contributed by atoms with van der Waals surface area (Å²) in [7, 11) is 0. The van der Waals surface area contributed by atoms with Crippen LogP contribution in [0.2, 0.25) is 4.34 Å². The molecule has 1 atom stereocenters. The largest absolute Gasteiger partial charge is 0.297 e. The molecule has 0 bridgehead atoms. The van der Waals surface area contributed by atoms with E-state index >= 15 is 0 Å². The number of rotatable bonds is 8. The highest BCUT2D eigenvalue weighted by atomic mass is 35.5. The SMILES string of the molecule is CCC(=O)c1ccc2c(=O)n(C(CC3CCCCC3)C(=O)Cc3ncc(Cl)s3)cnc2c1. The molecule has 2 aromatic heterocycles. The summed E-state index contributed by atoms with van der Waals surface area (Å²) in [6.07, 6.45) is 9.86.